The molecule has 0 fully saturated rings. The van der Waals surface area contributed by atoms with Crippen LogP contribution >= 0.6 is 0 Å². The largest absolute Gasteiger partial charge is 1.00 e. The molecule has 0 unspecified atom stereocenters. The van der Waals surface area contributed by atoms with Gasteiger partial charge in [-0.25, -0.2) is 0 Å². The molecule has 2 rings (SSSR count). The van der Waals surface area contributed by atoms with Crippen molar-refractivity contribution in [3.05, 3.63) is 48.0 Å². The Labute approximate surface area is 209 Å². The van der Waals surface area contributed by atoms with Crippen molar-refractivity contribution in [1.82, 2.24) is 0 Å². The summed E-state index contributed by atoms with van der Waals surface area (Å²) in [7, 11) is -4.40. The fourth-order valence-corrected chi connectivity index (χ4v) is 3.90. The molecular formula is C24H33NaO5S. The molecular weight excluding hydrogens is 423 g/mol. The van der Waals surface area contributed by atoms with Gasteiger partial charge in [-0.3, -0.25) is 4.55 Å². The molecule has 0 saturated heterocycles. The molecule has 5 nitrogen and oxygen atoms in total. The van der Waals surface area contributed by atoms with Crippen molar-refractivity contribution in [1.29, 1.82) is 0 Å². The average Bonchev–Trinajstić information content (AvgIpc) is 2.71. The predicted octanol–water partition coefficient (Wildman–Crippen LogP) is 3.27. The van der Waals surface area contributed by atoms with E-state index < -0.39 is 20.8 Å². The predicted molar refractivity (Wildman–Crippen MR) is 118 cm³/mol. The molecule has 0 aliphatic carbocycles. The first-order valence-electron chi connectivity index (χ1n) is 11.0. The van der Waals surface area contributed by atoms with Gasteiger partial charge in [0.05, 0.1) is 4.90 Å². The van der Waals surface area contributed by atoms with Crippen molar-refractivity contribution >= 4 is 10.1 Å². The zero-order valence-corrected chi connectivity index (χ0v) is 21.6. The number of aryl methyl sites for hydroxylation is 1. The Morgan fingerprint density at radius 2 is 1.39 bits per heavy atom. The molecule has 0 aliphatic rings. The summed E-state index contributed by atoms with van der Waals surface area (Å²) in [6.45, 7) is 2.25. The standard InChI is InChI=1S/C24H34O5S.Na/c1-2-3-4-5-6-7-8-9-10-11-12-20-13-15-21(16-14-20)29-24-18-17-22(19-23(24)25)30(26,27)28;/h13-19,25H,2-12H2,1H3,(H,26,27,28);/q;+1/p-1. The molecule has 7 heteroatoms. The van der Waals surface area contributed by atoms with E-state index in [4.69, 9.17) is 9.29 Å². The molecule has 0 aromatic heterocycles. The van der Waals surface area contributed by atoms with Crippen molar-refractivity contribution in [2.75, 3.05) is 0 Å². The first-order valence-corrected chi connectivity index (χ1v) is 12.4. The summed E-state index contributed by atoms with van der Waals surface area (Å²) >= 11 is 0. The smallest absolute Gasteiger partial charge is 0.870 e. The summed E-state index contributed by atoms with van der Waals surface area (Å²) in [5.74, 6) is -0.0667. The molecule has 31 heavy (non-hydrogen) atoms. The second-order valence-electron chi connectivity index (χ2n) is 7.76. The van der Waals surface area contributed by atoms with E-state index in [-0.39, 0.29) is 35.3 Å². The Balaban J connectivity index is 0.00000480. The summed E-state index contributed by atoms with van der Waals surface area (Å²) in [6, 6.07) is 10.8. The first-order chi connectivity index (χ1) is 14.4. The fourth-order valence-electron chi connectivity index (χ4n) is 3.40. The minimum atomic E-state index is -4.40. The molecule has 0 amide bonds. The molecule has 2 aromatic carbocycles. The van der Waals surface area contributed by atoms with Gasteiger partial charge in [-0.05, 0) is 48.7 Å². The van der Waals surface area contributed by atoms with Crippen molar-refractivity contribution in [2.45, 2.75) is 82.4 Å². The van der Waals surface area contributed by atoms with E-state index in [1.165, 1.54) is 69.4 Å². The van der Waals surface area contributed by atoms with Gasteiger partial charge >= 0.3 is 29.6 Å². The van der Waals surface area contributed by atoms with Crippen LogP contribution in [0.15, 0.2) is 47.4 Å². The zero-order valence-electron chi connectivity index (χ0n) is 18.8. The molecule has 2 aromatic rings. The van der Waals surface area contributed by atoms with E-state index in [0.29, 0.717) is 5.75 Å². The van der Waals surface area contributed by atoms with Crippen molar-refractivity contribution < 1.29 is 52.4 Å². The van der Waals surface area contributed by atoms with Crippen LogP contribution in [-0.2, 0) is 16.5 Å². The van der Waals surface area contributed by atoms with Crippen LogP contribution in [0.1, 0.15) is 76.7 Å². The molecule has 0 heterocycles. The molecule has 166 valence electrons. The van der Waals surface area contributed by atoms with E-state index in [0.717, 1.165) is 25.0 Å². The van der Waals surface area contributed by atoms with Crippen LogP contribution in [0.3, 0.4) is 0 Å². The van der Waals surface area contributed by atoms with Gasteiger partial charge in [0.2, 0.25) is 0 Å². The summed E-state index contributed by atoms with van der Waals surface area (Å²) in [4.78, 5) is -0.438. The Morgan fingerprint density at radius 1 is 0.839 bits per heavy atom. The Bertz CT molecular complexity index is 866. The topological polar surface area (TPSA) is 86.7 Å². The first kappa shape index (κ1) is 28.0. The number of hydrogen-bond acceptors (Lipinski definition) is 4. The van der Waals surface area contributed by atoms with Gasteiger partial charge in [-0.1, -0.05) is 82.6 Å². The maximum absolute atomic E-state index is 12.0. The van der Waals surface area contributed by atoms with E-state index in [9.17, 15) is 13.5 Å². The molecule has 0 saturated carbocycles. The molecule has 0 radical (unpaired) electrons. The van der Waals surface area contributed by atoms with E-state index in [1.807, 2.05) is 24.3 Å². The van der Waals surface area contributed by atoms with Gasteiger partial charge in [0.15, 0.2) is 0 Å². The number of ether oxygens (including phenoxy) is 1. The van der Waals surface area contributed by atoms with Gasteiger partial charge in [0.25, 0.3) is 10.1 Å². The number of hydrogen-bond donors (Lipinski definition) is 1. The number of rotatable bonds is 14. The van der Waals surface area contributed by atoms with Crippen molar-refractivity contribution in [3.63, 3.8) is 0 Å². The van der Waals surface area contributed by atoms with E-state index in [1.54, 1.807) is 0 Å². The summed E-state index contributed by atoms with van der Waals surface area (Å²) in [5, 5.41) is 12.0. The summed E-state index contributed by atoms with van der Waals surface area (Å²) in [5.41, 5.74) is 1.23. The quantitative estimate of drug-likeness (QED) is 0.268. The van der Waals surface area contributed by atoms with Crippen LogP contribution < -0.4 is 39.4 Å². The van der Waals surface area contributed by atoms with Gasteiger partial charge in [-0.15, -0.1) is 0 Å². The number of unbranched alkanes of at least 4 members (excludes halogenated alkanes) is 9. The second-order valence-corrected chi connectivity index (χ2v) is 9.18. The fraction of sp³-hybridized carbons (Fsp3) is 0.500. The van der Waals surface area contributed by atoms with E-state index in [2.05, 4.69) is 6.92 Å². The average molecular weight is 457 g/mol. The molecule has 0 bridgehead atoms. The van der Waals surface area contributed by atoms with Crippen LogP contribution in [0.5, 0.6) is 17.2 Å². The van der Waals surface area contributed by atoms with Crippen molar-refractivity contribution in [3.8, 4) is 17.2 Å². The second kappa shape index (κ2) is 14.9. The van der Waals surface area contributed by atoms with Crippen LogP contribution in [0, 0.1) is 0 Å². The molecule has 0 atom stereocenters. The van der Waals surface area contributed by atoms with Gasteiger partial charge in [0, 0.05) is 0 Å². The molecule has 0 aliphatic heterocycles. The third-order valence-electron chi connectivity index (χ3n) is 5.18. The number of benzene rings is 2. The Hall–Kier alpha value is -1.05. The van der Waals surface area contributed by atoms with Crippen molar-refractivity contribution in [2.24, 2.45) is 0 Å². The minimum Gasteiger partial charge on any atom is -0.870 e. The van der Waals surface area contributed by atoms with Crippen LogP contribution in [0.4, 0.5) is 0 Å². The SMILES string of the molecule is CCCCCCCCCCCCc1ccc(Oc2ccc(S(=O)(=O)O)cc2[O-])cc1.[Na+]. The zero-order chi connectivity index (χ0) is 21.8. The van der Waals surface area contributed by atoms with Crippen LogP contribution in [0.25, 0.3) is 0 Å². The minimum absolute atomic E-state index is 0. The van der Waals surface area contributed by atoms with Gasteiger partial charge in [0.1, 0.15) is 11.5 Å². The van der Waals surface area contributed by atoms with E-state index >= 15 is 0 Å². The van der Waals surface area contributed by atoms with Gasteiger partial charge < -0.3 is 9.84 Å². The van der Waals surface area contributed by atoms with Crippen LogP contribution in [-0.4, -0.2) is 13.0 Å². The monoisotopic (exact) mass is 456 g/mol. The maximum Gasteiger partial charge on any atom is 1.00 e. The third-order valence-corrected chi connectivity index (χ3v) is 6.03. The molecule has 1 N–H and O–H groups in total. The van der Waals surface area contributed by atoms with Crippen LogP contribution in [0.2, 0.25) is 0 Å². The third kappa shape index (κ3) is 10.9. The Morgan fingerprint density at radius 3 is 1.90 bits per heavy atom. The summed E-state index contributed by atoms with van der Waals surface area (Å²) < 4.78 is 36.7. The molecule has 0 spiro atoms. The van der Waals surface area contributed by atoms with Gasteiger partial charge in [-0.2, -0.15) is 8.42 Å². The Kier molecular flexibility index (Phi) is 13.5. The normalized spacial score (nSPS) is 11.2. The maximum atomic E-state index is 12.0. The summed E-state index contributed by atoms with van der Waals surface area (Å²) in [6.07, 6.45) is 14.2.